The van der Waals surface area contributed by atoms with Crippen molar-refractivity contribution in [2.75, 3.05) is 5.32 Å². The Kier molecular flexibility index (Phi) is 6.38. The molecule has 70 valence electrons. The summed E-state index contributed by atoms with van der Waals surface area (Å²) in [6.07, 6.45) is 0. The van der Waals surface area contributed by atoms with E-state index in [-0.39, 0.29) is 29.6 Å². The van der Waals surface area contributed by atoms with Gasteiger partial charge in [-0.3, -0.25) is 4.79 Å². The largest absolute Gasteiger partial charge is 1.00 e. The number of hydrogen-bond acceptors (Lipinski definition) is 4. The number of nitrogens with one attached hydrogen (secondary N) is 1. The van der Waals surface area contributed by atoms with Crippen molar-refractivity contribution in [1.82, 2.24) is 0 Å². The van der Waals surface area contributed by atoms with E-state index >= 15 is 0 Å². The molecule has 0 atom stereocenters. The number of nitrogens with zero attached hydrogens (tertiary/aromatic N) is 2. The van der Waals surface area contributed by atoms with Crippen LogP contribution in [0, 0.1) is 16.5 Å². The van der Waals surface area contributed by atoms with Gasteiger partial charge in [0, 0.05) is 5.69 Å². The first-order valence-electron chi connectivity index (χ1n) is 3.74. The number of hydrogen-bond donors (Lipinski definition) is 1. The molecule has 0 saturated carbocycles. The smallest absolute Gasteiger partial charge is 0.791 e. The average molecular weight is 211 g/mol. The maximum Gasteiger partial charge on any atom is 1.00 e. The maximum atomic E-state index is 11.1. The number of carbonyl (C=O) groups excluding carboxylic acids is 1. The Hall–Kier alpha value is -1.35. The van der Waals surface area contributed by atoms with Crippen LogP contribution in [-0.2, 0) is 4.79 Å². The van der Waals surface area contributed by atoms with Gasteiger partial charge >= 0.3 is 29.6 Å². The van der Waals surface area contributed by atoms with Crippen LogP contribution in [0.5, 0.6) is 0 Å². The Morgan fingerprint density at radius 3 is 2.47 bits per heavy atom. The predicted octanol–water partition coefficient (Wildman–Crippen LogP) is -1.91. The molecule has 1 rings (SSSR count). The van der Waals surface area contributed by atoms with Crippen molar-refractivity contribution >= 4 is 17.3 Å². The van der Waals surface area contributed by atoms with Gasteiger partial charge in [0.25, 0.3) is 5.91 Å². The minimum Gasteiger partial charge on any atom is -0.791 e. The van der Waals surface area contributed by atoms with Crippen molar-refractivity contribution in [1.29, 1.82) is 5.26 Å². The standard InChI is InChI=1S/C9H7N3O2.Na/c10-6-8(12-14)9(13)11-7-4-2-1-3-5-7;/h1-5,14H,(H,11,13);/q;+1/p-1/b12-8+;. The molecule has 1 amide bonds. The van der Waals surface area contributed by atoms with E-state index in [1.807, 2.05) is 0 Å². The predicted molar refractivity (Wildman–Crippen MR) is 51.5 cm³/mol. The SMILES string of the molecule is N#C/C(=N\[O-])C(=O)Nc1ccccc1.[Na+]. The Balaban J connectivity index is 0.00000196. The van der Waals surface area contributed by atoms with Crippen molar-refractivity contribution in [2.24, 2.45) is 5.16 Å². The Morgan fingerprint density at radius 1 is 1.40 bits per heavy atom. The number of rotatable bonds is 2. The molecule has 5 nitrogen and oxygen atoms in total. The van der Waals surface area contributed by atoms with Gasteiger partial charge < -0.3 is 15.7 Å². The summed E-state index contributed by atoms with van der Waals surface area (Å²) >= 11 is 0. The summed E-state index contributed by atoms with van der Waals surface area (Å²) in [6.45, 7) is 0. The van der Waals surface area contributed by atoms with E-state index in [2.05, 4.69) is 10.5 Å². The monoisotopic (exact) mass is 211 g/mol. The summed E-state index contributed by atoms with van der Waals surface area (Å²) in [4.78, 5) is 11.1. The van der Waals surface area contributed by atoms with E-state index in [1.54, 1.807) is 30.3 Å². The van der Waals surface area contributed by atoms with E-state index in [4.69, 9.17) is 5.26 Å². The first kappa shape index (κ1) is 13.7. The molecule has 15 heavy (non-hydrogen) atoms. The first-order chi connectivity index (χ1) is 6.77. The van der Waals surface area contributed by atoms with Gasteiger partial charge in [0.2, 0.25) is 0 Å². The molecule has 0 radical (unpaired) electrons. The van der Waals surface area contributed by atoms with Crippen molar-refractivity contribution < 1.29 is 34.4 Å². The minimum atomic E-state index is -0.797. The third-order valence-electron chi connectivity index (χ3n) is 1.44. The van der Waals surface area contributed by atoms with Crippen LogP contribution in [0.4, 0.5) is 5.69 Å². The summed E-state index contributed by atoms with van der Waals surface area (Å²) in [5.41, 5.74) is -0.178. The average Bonchev–Trinajstić information content (AvgIpc) is 2.21. The van der Waals surface area contributed by atoms with Crippen LogP contribution in [0.3, 0.4) is 0 Å². The Labute approximate surface area is 109 Å². The summed E-state index contributed by atoms with van der Waals surface area (Å²) in [6, 6.07) is 9.89. The number of carbonyl (C=O) groups is 1. The molecule has 1 N–H and O–H groups in total. The molecule has 0 spiro atoms. The van der Waals surface area contributed by atoms with Gasteiger partial charge in [-0.15, -0.1) is 0 Å². The fourth-order valence-corrected chi connectivity index (χ4v) is 0.824. The summed E-state index contributed by atoms with van der Waals surface area (Å²) in [5, 5.41) is 23.0. The summed E-state index contributed by atoms with van der Waals surface area (Å²) < 4.78 is 0. The zero-order chi connectivity index (χ0) is 10.4. The van der Waals surface area contributed by atoms with E-state index in [9.17, 15) is 10.0 Å². The normalized spacial score (nSPS) is 9.67. The quantitative estimate of drug-likeness (QED) is 0.352. The van der Waals surface area contributed by atoms with Gasteiger partial charge in [0.1, 0.15) is 6.07 Å². The summed E-state index contributed by atoms with van der Waals surface area (Å²) in [7, 11) is 0. The Bertz CT molecular complexity index is 398. The molecule has 0 aliphatic carbocycles. The zero-order valence-corrected chi connectivity index (χ0v) is 10.1. The van der Waals surface area contributed by atoms with Gasteiger partial charge in [-0.05, 0) is 12.1 Å². The number of amides is 1. The fraction of sp³-hybridized carbons (Fsp3) is 0. The molecule has 0 aromatic heterocycles. The van der Waals surface area contributed by atoms with Gasteiger partial charge in [0.05, 0.1) is 0 Å². The molecular formula is C9H6N3NaO2. The van der Waals surface area contributed by atoms with Crippen LogP contribution in [0.2, 0.25) is 0 Å². The van der Waals surface area contributed by atoms with Crippen molar-refractivity contribution in [2.45, 2.75) is 0 Å². The van der Waals surface area contributed by atoms with Crippen LogP contribution < -0.4 is 34.9 Å². The van der Waals surface area contributed by atoms with Gasteiger partial charge in [0.15, 0.2) is 5.71 Å². The van der Waals surface area contributed by atoms with Crippen molar-refractivity contribution in [3.8, 4) is 6.07 Å². The van der Waals surface area contributed by atoms with Crippen LogP contribution in [-0.4, -0.2) is 11.6 Å². The number of benzene rings is 1. The second-order valence-electron chi connectivity index (χ2n) is 2.37. The van der Waals surface area contributed by atoms with Crippen LogP contribution in [0.1, 0.15) is 0 Å². The molecular weight excluding hydrogens is 205 g/mol. The molecule has 0 saturated heterocycles. The molecule has 1 aromatic carbocycles. The molecule has 0 aliphatic rings. The van der Waals surface area contributed by atoms with Gasteiger partial charge in [-0.2, -0.15) is 5.26 Å². The topological polar surface area (TPSA) is 88.3 Å². The second-order valence-corrected chi connectivity index (χ2v) is 2.37. The van der Waals surface area contributed by atoms with E-state index in [0.717, 1.165) is 0 Å². The molecule has 0 fully saturated rings. The van der Waals surface area contributed by atoms with Crippen molar-refractivity contribution in [3.63, 3.8) is 0 Å². The zero-order valence-electron chi connectivity index (χ0n) is 8.10. The molecule has 0 bridgehead atoms. The minimum absolute atomic E-state index is 0. The third kappa shape index (κ3) is 4.13. The van der Waals surface area contributed by atoms with E-state index in [1.165, 1.54) is 6.07 Å². The van der Waals surface area contributed by atoms with Crippen LogP contribution >= 0.6 is 0 Å². The fourth-order valence-electron chi connectivity index (χ4n) is 0.824. The van der Waals surface area contributed by atoms with E-state index in [0.29, 0.717) is 5.69 Å². The number of anilines is 1. The molecule has 0 aliphatic heterocycles. The van der Waals surface area contributed by atoms with Crippen LogP contribution in [0.15, 0.2) is 35.5 Å². The van der Waals surface area contributed by atoms with E-state index < -0.39 is 11.6 Å². The first-order valence-corrected chi connectivity index (χ1v) is 3.74. The number of nitriles is 1. The van der Waals surface area contributed by atoms with Crippen molar-refractivity contribution in [3.05, 3.63) is 35.5 Å². The van der Waals surface area contributed by atoms with Gasteiger partial charge in [-0.25, -0.2) is 0 Å². The van der Waals surface area contributed by atoms with Crippen LogP contribution in [0.25, 0.3) is 0 Å². The third-order valence-corrected chi connectivity index (χ3v) is 1.44. The molecule has 0 unspecified atom stereocenters. The molecule has 0 heterocycles. The summed E-state index contributed by atoms with van der Waals surface area (Å²) in [5.74, 6) is -0.797. The number of para-hydroxylation sites is 1. The maximum absolute atomic E-state index is 11.1. The Morgan fingerprint density at radius 2 is 2.00 bits per heavy atom. The molecule has 1 aromatic rings. The molecule has 6 heteroatoms. The second kappa shape index (κ2) is 7.01. The van der Waals surface area contributed by atoms with Gasteiger partial charge in [-0.1, -0.05) is 18.2 Å².